The Morgan fingerprint density at radius 3 is 2.08 bits per heavy atom. The van der Waals surface area contributed by atoms with E-state index in [1.54, 1.807) is 36.4 Å². The third kappa shape index (κ3) is 9.56. The minimum atomic E-state index is -0.198. The van der Waals surface area contributed by atoms with Crippen LogP contribution in [0.5, 0.6) is 0 Å². The van der Waals surface area contributed by atoms with Crippen LogP contribution in [0.1, 0.15) is 48.0 Å². The smallest absolute Gasteiger partial charge is 0.253 e. The highest BCUT2D eigenvalue weighted by molar-refractivity contribution is 6.42. The number of hydrogen-bond acceptors (Lipinski definition) is 5. The molecule has 2 aliphatic heterocycles. The van der Waals surface area contributed by atoms with Crippen molar-refractivity contribution in [3.63, 3.8) is 0 Å². The Bertz CT molecular complexity index is 1760. The Kier molecular flexibility index (Phi) is 12.3. The lowest BCUT2D eigenvalue weighted by Gasteiger charge is -2.35. The van der Waals surface area contributed by atoms with Gasteiger partial charge < -0.3 is 14.7 Å². The van der Waals surface area contributed by atoms with E-state index < -0.39 is 0 Å². The highest BCUT2D eigenvalue weighted by Crippen LogP contribution is 2.31. The summed E-state index contributed by atoms with van der Waals surface area (Å²) >= 11 is 12.6. The molecule has 2 amide bonds. The largest absolute Gasteiger partial charge is 0.339 e. The van der Waals surface area contributed by atoms with Crippen LogP contribution in [0.2, 0.25) is 10.0 Å². The van der Waals surface area contributed by atoms with Crippen molar-refractivity contribution < 1.29 is 14.0 Å². The minimum absolute atomic E-state index is 0.0507. The zero-order chi connectivity index (χ0) is 34.9. The van der Waals surface area contributed by atoms with Crippen molar-refractivity contribution in [3.05, 3.63) is 124 Å². The van der Waals surface area contributed by atoms with Gasteiger partial charge in [-0.1, -0.05) is 53.5 Å². The molecule has 0 atom stereocenters. The molecule has 0 spiro atoms. The maximum atomic E-state index is 14.1. The van der Waals surface area contributed by atoms with Crippen LogP contribution in [0.3, 0.4) is 0 Å². The van der Waals surface area contributed by atoms with E-state index in [4.69, 9.17) is 23.2 Å². The van der Waals surface area contributed by atoms with Gasteiger partial charge in [0.15, 0.2) is 0 Å². The van der Waals surface area contributed by atoms with Crippen LogP contribution in [0.15, 0.2) is 107 Å². The fourth-order valence-corrected chi connectivity index (χ4v) is 7.15. The van der Waals surface area contributed by atoms with E-state index in [2.05, 4.69) is 15.1 Å². The highest BCUT2D eigenvalue weighted by atomic mass is 35.5. The number of amides is 2. The number of hydrogen-bond donors (Lipinski definition) is 0. The normalized spacial score (nSPS) is 16.2. The first-order valence-electron chi connectivity index (χ1n) is 17.4. The van der Waals surface area contributed by atoms with Crippen LogP contribution >= 0.6 is 23.2 Å². The van der Waals surface area contributed by atoms with Gasteiger partial charge in [0, 0.05) is 36.8 Å². The zero-order valence-electron chi connectivity index (χ0n) is 28.1. The van der Waals surface area contributed by atoms with Crippen molar-refractivity contribution in [2.75, 3.05) is 44.2 Å². The molecule has 4 aromatic rings. The van der Waals surface area contributed by atoms with Crippen LogP contribution in [-0.4, -0.2) is 60.9 Å². The molecule has 7 nitrogen and oxygen atoms in total. The topological polar surface area (TPSA) is 68.6 Å². The number of anilines is 1. The molecule has 0 aliphatic carbocycles. The number of rotatable bonds is 11. The van der Waals surface area contributed by atoms with Gasteiger partial charge in [-0.3, -0.25) is 9.59 Å². The summed E-state index contributed by atoms with van der Waals surface area (Å²) < 4.78 is 13.3. The van der Waals surface area contributed by atoms with Crippen LogP contribution < -0.4 is 4.90 Å². The molecule has 4 aromatic carbocycles. The highest BCUT2D eigenvalue weighted by Gasteiger charge is 2.31. The quantitative estimate of drug-likeness (QED) is 0.145. The molecule has 0 radical (unpaired) electrons. The van der Waals surface area contributed by atoms with Crippen molar-refractivity contribution in [3.8, 4) is 0 Å². The van der Waals surface area contributed by atoms with E-state index in [1.165, 1.54) is 17.7 Å². The second kappa shape index (κ2) is 17.2. The molecule has 0 N–H and O–H groups in total. The first kappa shape index (κ1) is 35.7. The number of benzene rings is 4. The van der Waals surface area contributed by atoms with Crippen molar-refractivity contribution in [2.24, 2.45) is 22.1 Å². The van der Waals surface area contributed by atoms with E-state index >= 15 is 0 Å². The summed E-state index contributed by atoms with van der Waals surface area (Å²) in [5.74, 6) is 0.210. The minimum Gasteiger partial charge on any atom is -0.339 e. The molecule has 6 rings (SSSR count). The number of azo groups is 1. The lowest BCUT2D eigenvalue weighted by Crippen LogP contribution is -2.45. The second-order valence-corrected chi connectivity index (χ2v) is 14.0. The Morgan fingerprint density at radius 1 is 0.760 bits per heavy atom. The van der Waals surface area contributed by atoms with Crippen molar-refractivity contribution in [2.45, 2.75) is 38.5 Å². The van der Waals surface area contributed by atoms with Gasteiger partial charge in [0.2, 0.25) is 5.91 Å². The number of carbonyl (C=O) groups excluding carboxylic acids is 2. The Morgan fingerprint density at radius 2 is 1.42 bits per heavy atom. The number of nitrogens with zero attached hydrogens (tertiary/aromatic N) is 5. The van der Waals surface area contributed by atoms with Gasteiger partial charge in [0.05, 0.1) is 21.4 Å². The number of carbonyl (C=O) groups is 2. The molecule has 10 heteroatoms. The summed E-state index contributed by atoms with van der Waals surface area (Å²) in [6.07, 6.45) is 5.20. The third-order valence-electron chi connectivity index (χ3n) is 9.76. The standard InChI is InChI=1S/C40H42Cl2FN5O2/c41-37-16-15-36(28-38(37)42)48(22-4-21-46-23-17-30(18-24-46)27-29-7-11-33(43)12-8-29)40(50)32-19-25-47(26-20-32)39(49)31-9-13-35(14-10-31)45-44-34-5-2-1-3-6-34/h1-3,5-16,28,30,32H,4,17-27H2. The van der Waals surface area contributed by atoms with Gasteiger partial charge in [-0.25, -0.2) is 4.39 Å². The van der Waals surface area contributed by atoms with E-state index in [9.17, 15) is 14.0 Å². The molecule has 2 aliphatic rings. The first-order chi connectivity index (χ1) is 24.3. The fourth-order valence-electron chi connectivity index (χ4n) is 6.85. The van der Waals surface area contributed by atoms with E-state index in [0.717, 1.165) is 56.7 Å². The summed E-state index contributed by atoms with van der Waals surface area (Å²) in [5.41, 5.74) is 3.95. The Labute approximate surface area is 303 Å². The lowest BCUT2D eigenvalue weighted by atomic mass is 9.90. The number of halogens is 3. The lowest BCUT2D eigenvalue weighted by molar-refractivity contribution is -0.123. The van der Waals surface area contributed by atoms with Gasteiger partial charge in [-0.2, -0.15) is 10.2 Å². The molecule has 0 aromatic heterocycles. The average molecular weight is 715 g/mol. The van der Waals surface area contributed by atoms with E-state index in [-0.39, 0.29) is 23.5 Å². The van der Waals surface area contributed by atoms with Crippen molar-refractivity contribution in [1.82, 2.24) is 9.80 Å². The van der Waals surface area contributed by atoms with Gasteiger partial charge >= 0.3 is 0 Å². The maximum absolute atomic E-state index is 14.1. The summed E-state index contributed by atoms with van der Waals surface area (Å²) in [4.78, 5) is 33.5. The second-order valence-electron chi connectivity index (χ2n) is 13.2. The number of piperidine rings is 2. The molecule has 2 fully saturated rings. The molecule has 2 saturated heterocycles. The molecule has 0 saturated carbocycles. The molecule has 0 bridgehead atoms. The fraction of sp³-hybridized carbons (Fsp3) is 0.350. The third-order valence-corrected chi connectivity index (χ3v) is 10.5. The Hall–Kier alpha value is -4.11. The van der Waals surface area contributed by atoms with E-state index in [1.807, 2.05) is 58.3 Å². The molecule has 260 valence electrons. The van der Waals surface area contributed by atoms with Crippen LogP contribution in [0.4, 0.5) is 21.5 Å². The van der Waals surface area contributed by atoms with Crippen LogP contribution in [0, 0.1) is 17.7 Å². The number of likely N-dealkylation sites (tertiary alicyclic amines) is 2. The summed E-state index contributed by atoms with van der Waals surface area (Å²) in [6.45, 7) is 4.51. The molecular weight excluding hydrogens is 672 g/mol. The predicted molar refractivity (Wildman–Crippen MR) is 198 cm³/mol. The maximum Gasteiger partial charge on any atom is 0.253 e. The van der Waals surface area contributed by atoms with Crippen LogP contribution in [-0.2, 0) is 11.2 Å². The summed E-state index contributed by atoms with van der Waals surface area (Å²) in [6, 6.07) is 28.8. The molecule has 0 unspecified atom stereocenters. The SMILES string of the molecule is O=C(c1ccc(N=Nc2ccccc2)cc1)N1CCC(C(=O)N(CCCN2CCC(Cc3ccc(F)cc3)CC2)c2ccc(Cl)c(Cl)c2)CC1. The van der Waals surface area contributed by atoms with Crippen molar-refractivity contribution in [1.29, 1.82) is 0 Å². The average Bonchev–Trinajstić information content (AvgIpc) is 3.15. The van der Waals surface area contributed by atoms with Crippen LogP contribution in [0.25, 0.3) is 0 Å². The zero-order valence-corrected chi connectivity index (χ0v) is 29.6. The van der Waals surface area contributed by atoms with Gasteiger partial charge in [0.1, 0.15) is 5.82 Å². The van der Waals surface area contributed by atoms with Crippen molar-refractivity contribution >= 4 is 52.1 Å². The Balaban J connectivity index is 1.01. The van der Waals surface area contributed by atoms with Gasteiger partial charge in [-0.15, -0.1) is 0 Å². The summed E-state index contributed by atoms with van der Waals surface area (Å²) in [5, 5.41) is 9.37. The summed E-state index contributed by atoms with van der Waals surface area (Å²) in [7, 11) is 0. The monoisotopic (exact) mass is 713 g/mol. The molecular formula is C40H42Cl2FN5O2. The molecule has 2 heterocycles. The molecule has 50 heavy (non-hydrogen) atoms. The van der Waals surface area contributed by atoms with E-state index in [0.29, 0.717) is 59.7 Å². The van der Waals surface area contributed by atoms with Gasteiger partial charge in [-0.05, 0) is 136 Å². The first-order valence-corrected chi connectivity index (χ1v) is 18.2. The predicted octanol–water partition coefficient (Wildman–Crippen LogP) is 9.78. The van der Waals surface area contributed by atoms with Gasteiger partial charge in [0.25, 0.3) is 5.91 Å².